The molecule has 1 aliphatic rings. The lowest BCUT2D eigenvalue weighted by molar-refractivity contribution is -0.384. The van der Waals surface area contributed by atoms with Crippen LogP contribution >= 0.6 is 0 Å². The highest BCUT2D eigenvalue weighted by atomic mass is 32.2. The van der Waals surface area contributed by atoms with E-state index in [1.165, 1.54) is 41.4 Å². The molecule has 11 heteroatoms. The van der Waals surface area contributed by atoms with Crippen LogP contribution in [-0.2, 0) is 21.2 Å². The monoisotopic (exact) mass is 457 g/mol. The van der Waals surface area contributed by atoms with Crippen LogP contribution in [-0.4, -0.2) is 37.7 Å². The summed E-state index contributed by atoms with van der Waals surface area (Å²) in [7, 11) is -3.73. The summed E-state index contributed by atoms with van der Waals surface area (Å²) < 4.78 is 22.6. The zero-order valence-corrected chi connectivity index (χ0v) is 18.2. The number of aliphatic imine (C=N–C) groups is 1. The van der Waals surface area contributed by atoms with Crippen LogP contribution in [0.1, 0.15) is 25.3 Å². The van der Waals surface area contributed by atoms with Gasteiger partial charge in [-0.25, -0.2) is 13.6 Å². The summed E-state index contributed by atoms with van der Waals surface area (Å²) in [6.07, 6.45) is 3.58. The fraction of sp³-hybridized carbons (Fsp3) is 0.286. The van der Waals surface area contributed by atoms with Gasteiger partial charge in [0, 0.05) is 24.9 Å². The van der Waals surface area contributed by atoms with Gasteiger partial charge >= 0.3 is 0 Å². The molecule has 0 saturated carbocycles. The lowest BCUT2D eigenvalue weighted by atomic mass is 10.0. The summed E-state index contributed by atoms with van der Waals surface area (Å²) in [5.74, 6) is -0.849. The Morgan fingerprint density at radius 2 is 1.81 bits per heavy atom. The Kier molecular flexibility index (Phi) is 7.11. The molecule has 3 rings (SSSR count). The number of benzene rings is 2. The van der Waals surface area contributed by atoms with Gasteiger partial charge in [0.25, 0.3) is 11.6 Å². The lowest BCUT2D eigenvalue weighted by Gasteiger charge is -2.12. The lowest BCUT2D eigenvalue weighted by Crippen LogP contribution is -2.28. The third-order valence-electron chi connectivity index (χ3n) is 4.91. The number of hydrogen-bond acceptors (Lipinski definition) is 7. The average Bonchev–Trinajstić information content (AvgIpc) is 3.06. The molecule has 0 saturated heterocycles. The maximum absolute atomic E-state index is 12.9. The van der Waals surface area contributed by atoms with E-state index in [1.807, 2.05) is 6.92 Å². The normalized spacial score (nSPS) is 16.6. The third-order valence-corrected chi connectivity index (χ3v) is 5.84. The molecule has 0 bridgehead atoms. The topological polar surface area (TPSA) is 148 Å². The number of hydrogen-bond donors (Lipinski definition) is 1. The van der Waals surface area contributed by atoms with Crippen LogP contribution in [0.15, 0.2) is 63.5 Å². The predicted octanol–water partition coefficient (Wildman–Crippen LogP) is 2.67. The minimum Gasteiger partial charge on any atom is -0.296 e. The van der Waals surface area contributed by atoms with Crippen molar-refractivity contribution in [1.82, 2.24) is 0 Å². The van der Waals surface area contributed by atoms with Crippen LogP contribution in [0, 0.1) is 16.0 Å². The molecule has 0 spiro atoms. The highest BCUT2D eigenvalue weighted by molar-refractivity contribution is 7.89. The Balaban J connectivity index is 1.67. The number of amides is 1. The summed E-state index contributed by atoms with van der Waals surface area (Å²) in [6.45, 7) is 2.40. The summed E-state index contributed by atoms with van der Waals surface area (Å²) >= 11 is 0. The number of nitrogens with zero attached hydrogens (tertiary/aromatic N) is 4. The summed E-state index contributed by atoms with van der Waals surface area (Å²) in [5, 5.41) is 21.6. The van der Waals surface area contributed by atoms with Gasteiger partial charge in [0.05, 0.1) is 21.2 Å². The number of primary sulfonamides is 1. The van der Waals surface area contributed by atoms with Gasteiger partial charge in [-0.2, -0.15) is 10.1 Å². The van der Waals surface area contributed by atoms with Gasteiger partial charge in [-0.05, 0) is 42.7 Å². The van der Waals surface area contributed by atoms with Crippen molar-refractivity contribution in [3.63, 3.8) is 0 Å². The van der Waals surface area contributed by atoms with Crippen LogP contribution in [0.2, 0.25) is 0 Å². The van der Waals surface area contributed by atoms with Gasteiger partial charge in [-0.3, -0.25) is 19.9 Å². The van der Waals surface area contributed by atoms with Crippen LogP contribution in [0.4, 0.5) is 11.4 Å². The molecule has 2 aromatic carbocycles. The van der Waals surface area contributed by atoms with Crippen molar-refractivity contribution in [2.75, 3.05) is 11.6 Å². The van der Waals surface area contributed by atoms with E-state index in [1.54, 1.807) is 18.3 Å². The minimum atomic E-state index is -3.73. The number of nitro benzene ring substituents is 1. The Hall–Kier alpha value is -3.44. The minimum absolute atomic E-state index is 0.0491. The molecule has 0 aliphatic carbocycles. The van der Waals surface area contributed by atoms with Crippen LogP contribution < -0.4 is 10.1 Å². The first-order valence-corrected chi connectivity index (χ1v) is 11.5. The van der Waals surface area contributed by atoms with Gasteiger partial charge in [0.2, 0.25) is 10.0 Å². The Morgan fingerprint density at radius 1 is 1.16 bits per heavy atom. The molecule has 168 valence electrons. The fourth-order valence-corrected chi connectivity index (χ4v) is 3.76. The molecule has 1 aliphatic heterocycles. The van der Waals surface area contributed by atoms with Crippen molar-refractivity contribution in [3.05, 3.63) is 64.2 Å². The number of sulfonamides is 1. The molecule has 2 aromatic rings. The molecule has 0 radical (unpaired) electrons. The number of hydrazone groups is 1. The zero-order valence-electron chi connectivity index (χ0n) is 17.4. The number of nitrogens with two attached hydrogens (primary N) is 1. The van der Waals surface area contributed by atoms with Crippen LogP contribution in [0.3, 0.4) is 0 Å². The van der Waals surface area contributed by atoms with Crippen molar-refractivity contribution in [3.8, 4) is 0 Å². The smallest absolute Gasteiger partial charge is 0.269 e. The second kappa shape index (κ2) is 9.79. The molecule has 1 amide bonds. The van der Waals surface area contributed by atoms with Crippen molar-refractivity contribution < 1.29 is 18.1 Å². The first-order chi connectivity index (χ1) is 15.2. The van der Waals surface area contributed by atoms with E-state index in [4.69, 9.17) is 5.14 Å². The molecular formula is C21H23N5O5S. The number of rotatable bonds is 9. The molecule has 10 nitrogen and oxygen atoms in total. The number of carbonyl (C=O) groups is 1. The van der Waals surface area contributed by atoms with Crippen molar-refractivity contribution in [2.45, 2.75) is 31.1 Å². The van der Waals surface area contributed by atoms with Crippen LogP contribution in [0.5, 0.6) is 0 Å². The largest absolute Gasteiger partial charge is 0.296 e. The predicted molar refractivity (Wildman–Crippen MR) is 121 cm³/mol. The van der Waals surface area contributed by atoms with E-state index in [-0.39, 0.29) is 16.5 Å². The van der Waals surface area contributed by atoms with E-state index >= 15 is 0 Å². The highest BCUT2D eigenvalue weighted by Crippen LogP contribution is 2.26. The van der Waals surface area contributed by atoms with Crippen molar-refractivity contribution in [2.24, 2.45) is 21.2 Å². The average molecular weight is 458 g/mol. The summed E-state index contributed by atoms with van der Waals surface area (Å²) in [5.41, 5.74) is 1.98. The van der Waals surface area contributed by atoms with Gasteiger partial charge in [-0.1, -0.05) is 25.5 Å². The highest BCUT2D eigenvalue weighted by Gasteiger charge is 2.35. The van der Waals surface area contributed by atoms with Crippen LogP contribution in [0.25, 0.3) is 0 Å². The van der Waals surface area contributed by atoms with Gasteiger partial charge < -0.3 is 0 Å². The molecule has 0 fully saturated rings. The molecule has 0 unspecified atom stereocenters. The van der Waals surface area contributed by atoms with E-state index in [0.717, 1.165) is 12.0 Å². The summed E-state index contributed by atoms with van der Waals surface area (Å²) in [4.78, 5) is 27.7. The van der Waals surface area contributed by atoms with E-state index in [2.05, 4.69) is 10.1 Å². The number of non-ortho nitro benzene ring substituents is 1. The second-order valence-electron chi connectivity index (χ2n) is 7.24. The van der Waals surface area contributed by atoms with E-state index < -0.39 is 20.9 Å². The Morgan fingerprint density at radius 3 is 2.38 bits per heavy atom. The summed E-state index contributed by atoms with van der Waals surface area (Å²) in [6, 6.07) is 11.9. The first kappa shape index (κ1) is 23.2. The van der Waals surface area contributed by atoms with E-state index in [0.29, 0.717) is 30.8 Å². The SMILES string of the molecule is CCCC1=NN(c2ccc([N+](=O)[O-])cc2)C(=O)[C@H]1C=NCCc1ccc(S(N)(=O)=O)cc1. The molecule has 2 N–H and O–H groups in total. The quantitative estimate of drug-likeness (QED) is 0.349. The van der Waals surface area contributed by atoms with Gasteiger partial charge in [0.1, 0.15) is 5.92 Å². The van der Waals surface area contributed by atoms with Gasteiger partial charge in [-0.15, -0.1) is 0 Å². The van der Waals surface area contributed by atoms with Crippen molar-refractivity contribution in [1.29, 1.82) is 0 Å². The molecular weight excluding hydrogens is 434 g/mol. The molecule has 1 heterocycles. The molecule has 1 atom stereocenters. The Bertz CT molecular complexity index is 1160. The number of carbonyl (C=O) groups excluding carboxylic acids is 1. The zero-order chi connectivity index (χ0) is 23.3. The van der Waals surface area contributed by atoms with Crippen molar-refractivity contribution >= 4 is 39.2 Å². The first-order valence-electron chi connectivity index (χ1n) is 9.98. The third kappa shape index (κ3) is 5.42. The number of anilines is 1. The second-order valence-corrected chi connectivity index (χ2v) is 8.80. The number of nitro groups is 1. The fourth-order valence-electron chi connectivity index (χ4n) is 3.25. The maximum atomic E-state index is 12.9. The molecule has 0 aromatic heterocycles. The van der Waals surface area contributed by atoms with Gasteiger partial charge in [0.15, 0.2) is 0 Å². The maximum Gasteiger partial charge on any atom is 0.269 e. The molecule has 32 heavy (non-hydrogen) atoms. The Labute approximate surface area is 185 Å². The standard InChI is InChI=1S/C21H23N5O5S/c1-2-3-20-19(14-23-13-12-15-4-10-18(11-5-15)32(22,30)31)21(27)25(24-20)16-6-8-17(9-7-16)26(28)29/h4-11,14,19H,2-3,12-13H2,1H3,(H2,22,30,31)/t19-/m0/s1. The van der Waals surface area contributed by atoms with E-state index in [9.17, 15) is 23.3 Å².